The molecule has 4 aromatic rings. The summed E-state index contributed by atoms with van der Waals surface area (Å²) in [5.41, 5.74) is 4.01. The highest BCUT2D eigenvalue weighted by Crippen LogP contribution is 2.36. The van der Waals surface area contributed by atoms with E-state index in [0.717, 1.165) is 64.7 Å². The fourth-order valence-corrected chi connectivity index (χ4v) is 8.90. The summed E-state index contributed by atoms with van der Waals surface area (Å²) in [7, 11) is 0.723. The van der Waals surface area contributed by atoms with E-state index < -0.39 is 31.7 Å². The Kier molecular flexibility index (Phi) is 13.1. The SMILES string of the molecule is CN1CCC[C@@H]1c1cc2cnc(NC(=O)c3ccc(CCCC#Cc4cccc5c4CN(C4CCC(=O)N(COCC[Si](C)(C)C)C4=O)C5=O)nc3)cc2n1C(=O)OC(C)(C)C. The van der Waals surface area contributed by atoms with Crippen molar-refractivity contribution in [2.24, 2.45) is 0 Å². The lowest BCUT2D eigenvalue weighted by Crippen LogP contribution is -2.55. The summed E-state index contributed by atoms with van der Waals surface area (Å²) in [6.07, 6.45) is 7.10. The quantitative estimate of drug-likeness (QED) is 0.0660. The van der Waals surface area contributed by atoms with Gasteiger partial charge in [-0.3, -0.25) is 34.0 Å². The number of hydrogen-bond acceptors (Lipinski definition) is 10. The van der Waals surface area contributed by atoms with E-state index in [-0.39, 0.29) is 49.9 Å². The summed E-state index contributed by atoms with van der Waals surface area (Å²) >= 11 is 0. The van der Waals surface area contributed by atoms with Crippen LogP contribution < -0.4 is 5.32 Å². The number of likely N-dealkylation sites (tertiary alicyclic amines) is 2. The molecule has 62 heavy (non-hydrogen) atoms. The second-order valence-electron chi connectivity index (χ2n) is 18.6. The number of hydrogen-bond donors (Lipinski definition) is 1. The van der Waals surface area contributed by atoms with Crippen molar-refractivity contribution in [3.05, 3.63) is 88.5 Å². The molecule has 3 aliphatic rings. The number of carbonyl (C=O) groups is 5. The number of nitrogens with one attached hydrogen (secondary N) is 1. The van der Waals surface area contributed by atoms with Gasteiger partial charge in [-0.25, -0.2) is 14.3 Å². The Hall–Kier alpha value is -5.69. The number of aryl methyl sites for hydroxylation is 1. The van der Waals surface area contributed by atoms with Gasteiger partial charge >= 0.3 is 6.09 Å². The van der Waals surface area contributed by atoms with Crippen molar-refractivity contribution >= 4 is 54.5 Å². The van der Waals surface area contributed by atoms with Gasteiger partial charge in [-0.15, -0.1) is 0 Å². The number of aromatic nitrogens is 3. The monoisotopic (exact) mass is 859 g/mol. The number of anilines is 1. The normalized spacial score (nSPS) is 18.3. The zero-order chi connectivity index (χ0) is 44.3. The first-order valence-corrected chi connectivity index (χ1v) is 25.2. The van der Waals surface area contributed by atoms with Crippen LogP contribution in [0.15, 0.2) is 54.9 Å². The summed E-state index contributed by atoms with van der Waals surface area (Å²) in [6.45, 7) is 13.8. The van der Waals surface area contributed by atoms with Gasteiger partial charge in [0.25, 0.3) is 17.7 Å². The standard InChI is InChI=1S/C47H57N7O7Si/c1-47(2,3)61-46(59)54-39-26-41(49-28-33(39)25-40(54)37-17-12-22-51(37)4)50-43(56)32-18-19-34(48-27-32)15-10-8-9-13-31-14-11-16-35-36(31)29-52(44(35)57)38-20-21-42(55)53(45(38)58)30-60-23-24-62(5,6)7/h11,14,16,18-19,25-28,37-38H,8,10,12,15,17,20-24,29-30H2,1-7H3,(H,49,50,56)/t37-,38?/m1/s1. The molecule has 3 aliphatic heterocycles. The van der Waals surface area contributed by atoms with Crippen molar-refractivity contribution in [1.29, 1.82) is 0 Å². The summed E-state index contributed by atoms with van der Waals surface area (Å²) < 4.78 is 13.2. The number of imide groups is 1. The van der Waals surface area contributed by atoms with Crippen LogP contribution in [0.1, 0.15) is 109 Å². The Bertz CT molecular complexity index is 2440. The van der Waals surface area contributed by atoms with E-state index in [2.05, 4.69) is 58.7 Å². The maximum absolute atomic E-state index is 13.6. The number of unbranched alkanes of at least 4 members (excludes halogenated alkanes) is 1. The van der Waals surface area contributed by atoms with E-state index in [1.165, 1.54) is 6.20 Å². The van der Waals surface area contributed by atoms with Crippen LogP contribution >= 0.6 is 0 Å². The van der Waals surface area contributed by atoms with Crippen molar-refractivity contribution in [3.63, 3.8) is 0 Å². The minimum atomic E-state index is -1.33. The van der Waals surface area contributed by atoms with E-state index in [4.69, 9.17) is 9.47 Å². The van der Waals surface area contributed by atoms with Crippen molar-refractivity contribution in [2.45, 2.75) is 116 Å². The van der Waals surface area contributed by atoms with Gasteiger partial charge in [-0.05, 0) is 108 Å². The van der Waals surface area contributed by atoms with Crippen LogP contribution in [0.3, 0.4) is 0 Å². The molecule has 326 valence electrons. The summed E-state index contributed by atoms with van der Waals surface area (Å²) in [5, 5.41) is 3.64. The van der Waals surface area contributed by atoms with Crippen LogP contribution in [-0.4, -0.2) is 106 Å². The van der Waals surface area contributed by atoms with Gasteiger partial charge in [0.05, 0.1) is 17.1 Å². The highest BCUT2D eigenvalue weighted by atomic mass is 28.3. The molecule has 15 heteroatoms. The molecule has 0 spiro atoms. The molecule has 3 aromatic heterocycles. The van der Waals surface area contributed by atoms with Crippen LogP contribution in [-0.2, 0) is 32.0 Å². The first-order chi connectivity index (χ1) is 29.5. The number of benzene rings is 1. The summed E-state index contributed by atoms with van der Waals surface area (Å²) in [5.74, 6) is 5.51. The molecule has 2 fully saturated rings. The number of carbonyl (C=O) groups excluding carboxylic acids is 5. The Labute approximate surface area is 364 Å². The van der Waals surface area contributed by atoms with E-state index in [1.54, 1.807) is 39.9 Å². The smallest absolute Gasteiger partial charge is 0.419 e. The van der Waals surface area contributed by atoms with E-state index in [1.807, 2.05) is 39.0 Å². The van der Waals surface area contributed by atoms with Crippen LogP contribution in [0.5, 0.6) is 0 Å². The lowest BCUT2D eigenvalue weighted by molar-refractivity contribution is -0.158. The number of rotatable bonds is 12. The molecule has 0 saturated carbocycles. The number of nitrogens with zero attached hydrogens (tertiary/aromatic N) is 6. The lowest BCUT2D eigenvalue weighted by atomic mass is 10.0. The fourth-order valence-electron chi connectivity index (χ4n) is 8.15. The lowest BCUT2D eigenvalue weighted by Gasteiger charge is -2.35. The molecule has 7 rings (SSSR count). The largest absolute Gasteiger partial charge is 0.443 e. The van der Waals surface area contributed by atoms with Gasteiger partial charge in [-0.2, -0.15) is 0 Å². The number of ether oxygens (including phenoxy) is 2. The molecule has 1 aromatic carbocycles. The van der Waals surface area contributed by atoms with Gasteiger partial charge in [0.15, 0.2) is 0 Å². The topological polar surface area (TPSA) is 156 Å². The molecule has 6 heterocycles. The molecule has 0 aliphatic carbocycles. The first kappa shape index (κ1) is 44.4. The maximum atomic E-state index is 13.6. The molecule has 14 nitrogen and oxygen atoms in total. The zero-order valence-electron chi connectivity index (χ0n) is 36.9. The molecule has 0 radical (unpaired) electrons. The van der Waals surface area contributed by atoms with Gasteiger partial charge < -0.3 is 19.7 Å². The molecule has 2 atom stereocenters. The van der Waals surface area contributed by atoms with Gasteiger partial charge in [0.1, 0.15) is 24.2 Å². The molecular weight excluding hydrogens is 803 g/mol. The van der Waals surface area contributed by atoms with E-state index in [9.17, 15) is 24.0 Å². The Morgan fingerprint density at radius 3 is 2.52 bits per heavy atom. The Balaban J connectivity index is 0.937. The molecule has 1 unspecified atom stereocenters. The minimum Gasteiger partial charge on any atom is -0.443 e. The Morgan fingerprint density at radius 1 is 1.00 bits per heavy atom. The highest BCUT2D eigenvalue weighted by molar-refractivity contribution is 6.76. The molecule has 4 amide bonds. The third-order valence-electron chi connectivity index (χ3n) is 11.5. The van der Waals surface area contributed by atoms with Crippen molar-refractivity contribution in [1.82, 2.24) is 29.2 Å². The number of amides is 4. The first-order valence-electron chi connectivity index (χ1n) is 21.5. The van der Waals surface area contributed by atoms with Crippen molar-refractivity contribution in [3.8, 4) is 11.8 Å². The predicted molar refractivity (Wildman–Crippen MR) is 238 cm³/mol. The van der Waals surface area contributed by atoms with Crippen LogP contribution in [0.2, 0.25) is 25.7 Å². The van der Waals surface area contributed by atoms with Crippen LogP contribution in [0, 0.1) is 11.8 Å². The fraction of sp³-hybridized carbons (Fsp3) is 0.468. The van der Waals surface area contributed by atoms with Crippen molar-refractivity contribution < 1.29 is 33.4 Å². The van der Waals surface area contributed by atoms with Gasteiger partial charge in [0.2, 0.25) is 5.91 Å². The van der Waals surface area contributed by atoms with E-state index in [0.29, 0.717) is 41.9 Å². The molecule has 0 bridgehead atoms. The average molecular weight is 860 g/mol. The van der Waals surface area contributed by atoms with Crippen LogP contribution in [0.25, 0.3) is 10.9 Å². The Morgan fingerprint density at radius 2 is 1.81 bits per heavy atom. The van der Waals surface area contributed by atoms with Gasteiger partial charge in [-0.1, -0.05) is 37.5 Å². The second kappa shape index (κ2) is 18.3. The highest BCUT2D eigenvalue weighted by Gasteiger charge is 2.43. The maximum Gasteiger partial charge on any atom is 0.419 e. The molecular formula is C47H57N7O7Si. The number of piperidine rings is 1. The molecule has 2 saturated heterocycles. The predicted octanol–water partition coefficient (Wildman–Crippen LogP) is 7.39. The zero-order valence-corrected chi connectivity index (χ0v) is 37.9. The van der Waals surface area contributed by atoms with E-state index >= 15 is 0 Å². The minimum absolute atomic E-state index is 0.0613. The van der Waals surface area contributed by atoms with Gasteiger partial charge in [0, 0.05) is 80.4 Å². The van der Waals surface area contributed by atoms with Crippen LogP contribution in [0.4, 0.5) is 10.6 Å². The average Bonchev–Trinajstić information content (AvgIpc) is 3.91. The third-order valence-corrected chi connectivity index (χ3v) is 13.2. The second-order valence-corrected chi connectivity index (χ2v) is 24.2. The van der Waals surface area contributed by atoms with Crippen molar-refractivity contribution in [2.75, 3.05) is 32.2 Å². The summed E-state index contributed by atoms with van der Waals surface area (Å²) in [6, 6.07) is 12.9. The number of fused-ring (bicyclic) bond motifs is 2. The third kappa shape index (κ3) is 10.1. The number of pyridine rings is 2. The molecule has 1 N–H and O–H groups in total. The summed E-state index contributed by atoms with van der Waals surface area (Å²) in [4.78, 5) is 80.5.